The number of amides is 2. The third kappa shape index (κ3) is 6.10. The number of nitrogens with one attached hydrogen (secondary N) is 1. The molecule has 6 heteroatoms. The molecule has 0 saturated carbocycles. The second-order valence-corrected chi connectivity index (χ2v) is 8.67. The molecule has 0 aliphatic carbocycles. The molecular weight excluding hydrogens is 390 g/mol. The lowest BCUT2D eigenvalue weighted by atomic mass is 9.94. The molecule has 31 heavy (non-hydrogen) atoms. The van der Waals surface area contributed by atoms with Crippen LogP contribution in [0.2, 0.25) is 0 Å². The molecule has 1 N–H and O–H groups in total. The topological polar surface area (TPSA) is 61.9 Å². The van der Waals surface area contributed by atoms with Gasteiger partial charge in [0.1, 0.15) is 5.75 Å². The van der Waals surface area contributed by atoms with Crippen LogP contribution in [0.3, 0.4) is 0 Å². The smallest absolute Gasteiger partial charge is 0.248 e. The fourth-order valence-corrected chi connectivity index (χ4v) is 3.47. The molecule has 3 rings (SSSR count). The third-order valence-corrected chi connectivity index (χ3v) is 5.25. The fraction of sp³-hybridized carbons (Fsp3) is 0.360. The van der Waals surface area contributed by atoms with E-state index in [4.69, 9.17) is 4.74 Å². The molecule has 0 atom stereocenters. The molecule has 2 amide bonds. The third-order valence-electron chi connectivity index (χ3n) is 5.25. The summed E-state index contributed by atoms with van der Waals surface area (Å²) in [6.45, 7) is 8.94. The Balaban J connectivity index is 1.51. The van der Waals surface area contributed by atoms with Gasteiger partial charge in [0.15, 0.2) is 0 Å². The highest BCUT2D eigenvalue weighted by atomic mass is 16.5. The second-order valence-electron chi connectivity index (χ2n) is 8.67. The summed E-state index contributed by atoms with van der Waals surface area (Å²) in [6, 6.07) is 15.3. The molecular formula is C25H31N3O3. The van der Waals surface area contributed by atoms with Gasteiger partial charge in [0.25, 0.3) is 0 Å². The summed E-state index contributed by atoms with van der Waals surface area (Å²) in [6.07, 6.45) is 3.28. The number of hydrogen-bond donors (Lipinski definition) is 1. The van der Waals surface area contributed by atoms with Crippen LogP contribution >= 0.6 is 0 Å². The van der Waals surface area contributed by atoms with Gasteiger partial charge in [-0.25, -0.2) is 0 Å². The first-order valence-corrected chi connectivity index (χ1v) is 10.5. The predicted octanol–water partition coefficient (Wildman–Crippen LogP) is 4.04. The first-order valence-electron chi connectivity index (χ1n) is 10.5. The van der Waals surface area contributed by atoms with Gasteiger partial charge >= 0.3 is 0 Å². The Morgan fingerprint density at radius 2 is 1.55 bits per heavy atom. The monoisotopic (exact) mass is 421 g/mol. The van der Waals surface area contributed by atoms with Crippen LogP contribution < -0.4 is 15.0 Å². The number of ether oxygens (including phenoxy) is 1. The van der Waals surface area contributed by atoms with Gasteiger partial charge in [-0.2, -0.15) is 0 Å². The van der Waals surface area contributed by atoms with Gasteiger partial charge in [-0.15, -0.1) is 0 Å². The van der Waals surface area contributed by atoms with Crippen LogP contribution in [0.1, 0.15) is 26.3 Å². The van der Waals surface area contributed by atoms with E-state index >= 15 is 0 Å². The van der Waals surface area contributed by atoms with Crippen molar-refractivity contribution < 1.29 is 14.3 Å². The minimum Gasteiger partial charge on any atom is -0.497 e. The Hall–Kier alpha value is -3.28. The van der Waals surface area contributed by atoms with E-state index < -0.39 is 0 Å². The molecule has 1 aliphatic rings. The second kappa shape index (κ2) is 9.69. The van der Waals surface area contributed by atoms with Crippen molar-refractivity contribution in [3.05, 3.63) is 60.2 Å². The van der Waals surface area contributed by atoms with Gasteiger partial charge in [-0.05, 0) is 48.0 Å². The maximum atomic E-state index is 12.4. The van der Waals surface area contributed by atoms with Crippen molar-refractivity contribution in [3.63, 3.8) is 0 Å². The van der Waals surface area contributed by atoms with Crippen LogP contribution in [0.25, 0.3) is 6.08 Å². The molecule has 0 radical (unpaired) electrons. The van der Waals surface area contributed by atoms with E-state index in [9.17, 15) is 9.59 Å². The number of carbonyl (C=O) groups excluding carboxylic acids is 2. The summed E-state index contributed by atoms with van der Waals surface area (Å²) in [5.74, 6) is 0.801. The van der Waals surface area contributed by atoms with Crippen molar-refractivity contribution in [1.29, 1.82) is 0 Å². The molecule has 2 aromatic rings. The lowest BCUT2D eigenvalue weighted by Gasteiger charge is -2.38. The number of anilines is 2. The lowest BCUT2D eigenvalue weighted by molar-refractivity contribution is -0.139. The van der Waals surface area contributed by atoms with Gasteiger partial charge < -0.3 is 19.9 Å². The van der Waals surface area contributed by atoms with E-state index in [2.05, 4.69) is 10.2 Å². The fourth-order valence-electron chi connectivity index (χ4n) is 3.47. The molecule has 1 heterocycles. The van der Waals surface area contributed by atoms with Crippen LogP contribution in [0.4, 0.5) is 11.4 Å². The predicted molar refractivity (Wildman–Crippen MR) is 125 cm³/mol. The summed E-state index contributed by atoms with van der Waals surface area (Å²) < 4.78 is 5.13. The highest BCUT2D eigenvalue weighted by Crippen LogP contribution is 2.22. The first kappa shape index (κ1) is 22.4. The standard InChI is InChI=1S/C25H31N3O3/c1-25(2,3)24(30)28-17-15-27(16-18-28)21-10-8-20(9-11-21)26-23(29)14-7-19-5-12-22(31-4)13-6-19/h5-14H,15-18H2,1-4H3,(H,26,29)/b14-7+. The van der Waals surface area contributed by atoms with E-state index in [1.807, 2.05) is 74.2 Å². The largest absolute Gasteiger partial charge is 0.497 e. The zero-order valence-electron chi connectivity index (χ0n) is 18.7. The van der Waals surface area contributed by atoms with E-state index in [1.165, 1.54) is 6.08 Å². The van der Waals surface area contributed by atoms with Crippen molar-refractivity contribution >= 4 is 29.3 Å². The molecule has 2 aromatic carbocycles. The summed E-state index contributed by atoms with van der Waals surface area (Å²) in [4.78, 5) is 28.9. The maximum Gasteiger partial charge on any atom is 0.248 e. The van der Waals surface area contributed by atoms with Crippen molar-refractivity contribution in [1.82, 2.24) is 4.90 Å². The zero-order chi connectivity index (χ0) is 22.4. The molecule has 0 spiro atoms. The Morgan fingerprint density at radius 1 is 0.935 bits per heavy atom. The number of rotatable bonds is 5. The minimum absolute atomic E-state index is 0.183. The molecule has 0 aromatic heterocycles. The molecule has 1 saturated heterocycles. The highest BCUT2D eigenvalue weighted by Gasteiger charge is 2.29. The average molecular weight is 422 g/mol. The average Bonchev–Trinajstić information content (AvgIpc) is 2.77. The summed E-state index contributed by atoms with van der Waals surface area (Å²) >= 11 is 0. The van der Waals surface area contributed by atoms with Gasteiger partial charge in [0.2, 0.25) is 11.8 Å². The number of methoxy groups -OCH3 is 1. The normalized spacial score (nSPS) is 14.6. The quantitative estimate of drug-likeness (QED) is 0.740. The number of benzene rings is 2. The van der Waals surface area contributed by atoms with Crippen molar-refractivity contribution in [3.8, 4) is 5.75 Å². The van der Waals surface area contributed by atoms with Gasteiger partial charge in [0.05, 0.1) is 7.11 Å². The molecule has 1 fully saturated rings. The lowest BCUT2D eigenvalue weighted by Crippen LogP contribution is -2.51. The number of piperazine rings is 1. The summed E-state index contributed by atoms with van der Waals surface area (Å²) in [7, 11) is 1.62. The van der Waals surface area contributed by atoms with Crippen LogP contribution in [-0.2, 0) is 9.59 Å². The maximum absolute atomic E-state index is 12.4. The van der Waals surface area contributed by atoms with Crippen molar-refractivity contribution in [2.24, 2.45) is 5.41 Å². The molecule has 0 bridgehead atoms. The molecule has 164 valence electrons. The molecule has 6 nitrogen and oxygen atoms in total. The first-order chi connectivity index (χ1) is 14.8. The van der Waals surface area contributed by atoms with Crippen LogP contribution in [0, 0.1) is 5.41 Å². The Labute approximate surface area is 184 Å². The van der Waals surface area contributed by atoms with Gasteiger partial charge in [-0.1, -0.05) is 32.9 Å². The van der Waals surface area contributed by atoms with Gasteiger partial charge in [0, 0.05) is 49.0 Å². The SMILES string of the molecule is COc1ccc(/C=C/C(=O)Nc2ccc(N3CCN(C(=O)C(C)(C)C)CC3)cc2)cc1. The highest BCUT2D eigenvalue weighted by molar-refractivity contribution is 6.02. The Morgan fingerprint density at radius 3 is 2.10 bits per heavy atom. The molecule has 0 unspecified atom stereocenters. The minimum atomic E-state index is -0.343. The molecule has 1 aliphatic heterocycles. The van der Waals surface area contributed by atoms with Crippen LogP contribution in [-0.4, -0.2) is 50.0 Å². The van der Waals surface area contributed by atoms with Crippen molar-refractivity contribution in [2.45, 2.75) is 20.8 Å². The van der Waals surface area contributed by atoms with E-state index in [1.54, 1.807) is 13.2 Å². The zero-order valence-corrected chi connectivity index (χ0v) is 18.7. The van der Waals surface area contributed by atoms with Crippen molar-refractivity contribution in [2.75, 3.05) is 43.5 Å². The van der Waals surface area contributed by atoms with Crippen LogP contribution in [0.5, 0.6) is 5.75 Å². The number of nitrogens with zero attached hydrogens (tertiary/aromatic N) is 2. The Bertz CT molecular complexity index is 920. The van der Waals surface area contributed by atoms with Crippen LogP contribution in [0.15, 0.2) is 54.6 Å². The Kier molecular flexibility index (Phi) is 7.00. The summed E-state index contributed by atoms with van der Waals surface area (Å²) in [5, 5.41) is 2.88. The number of hydrogen-bond acceptors (Lipinski definition) is 4. The van der Waals surface area contributed by atoms with Gasteiger partial charge in [-0.3, -0.25) is 9.59 Å². The van der Waals surface area contributed by atoms with E-state index in [0.29, 0.717) is 0 Å². The number of carbonyl (C=O) groups is 2. The van der Waals surface area contributed by atoms with E-state index in [0.717, 1.165) is 48.9 Å². The summed E-state index contributed by atoms with van der Waals surface area (Å²) in [5.41, 5.74) is 2.42. The van der Waals surface area contributed by atoms with E-state index in [-0.39, 0.29) is 17.2 Å².